The van der Waals surface area contributed by atoms with Crippen LogP contribution in [0.15, 0.2) is 11.4 Å². The Kier molecular flexibility index (Phi) is 4.60. The second-order valence-electron chi connectivity index (χ2n) is 5.00. The van der Waals surface area contributed by atoms with Crippen molar-refractivity contribution >= 4 is 11.3 Å². The lowest BCUT2D eigenvalue weighted by Gasteiger charge is -2.24. The molecule has 1 aliphatic rings. The number of hydrogen-bond acceptors (Lipinski definition) is 3. The molecule has 0 aromatic carbocycles. The fraction of sp³-hybridized carbons (Fsp3) is 0.714. The first-order chi connectivity index (χ1) is 8.22. The fourth-order valence-corrected chi connectivity index (χ4v) is 3.38. The number of rotatable bonds is 5. The third kappa shape index (κ3) is 3.09. The molecule has 3 unspecified atom stereocenters. The molecule has 3 atom stereocenters. The minimum absolute atomic E-state index is 0.421. The average Bonchev–Trinajstić information content (AvgIpc) is 2.90. The molecule has 2 heterocycles. The van der Waals surface area contributed by atoms with Gasteiger partial charge in [0.1, 0.15) is 0 Å². The molecule has 96 valence electrons. The van der Waals surface area contributed by atoms with Crippen LogP contribution in [0.25, 0.3) is 0 Å². The summed E-state index contributed by atoms with van der Waals surface area (Å²) < 4.78 is 5.73. The van der Waals surface area contributed by atoms with E-state index >= 15 is 0 Å². The highest BCUT2D eigenvalue weighted by Crippen LogP contribution is 2.34. The van der Waals surface area contributed by atoms with Gasteiger partial charge in [0.2, 0.25) is 0 Å². The van der Waals surface area contributed by atoms with Crippen LogP contribution in [-0.2, 0) is 4.74 Å². The van der Waals surface area contributed by atoms with E-state index < -0.39 is 0 Å². The van der Waals surface area contributed by atoms with Crippen molar-refractivity contribution in [2.75, 3.05) is 13.2 Å². The molecule has 0 amide bonds. The van der Waals surface area contributed by atoms with Crippen LogP contribution in [-0.4, -0.2) is 19.3 Å². The van der Waals surface area contributed by atoms with E-state index in [0.717, 1.165) is 13.2 Å². The second kappa shape index (κ2) is 5.98. The third-order valence-electron chi connectivity index (χ3n) is 3.55. The van der Waals surface area contributed by atoms with Crippen molar-refractivity contribution in [3.63, 3.8) is 0 Å². The molecule has 1 aromatic rings. The SMILES string of the molecule is CCCNC(c1ccsc1C)C1COC(C)C1. The van der Waals surface area contributed by atoms with Gasteiger partial charge in [-0.25, -0.2) is 0 Å². The largest absolute Gasteiger partial charge is 0.378 e. The number of hydrogen-bond donors (Lipinski definition) is 1. The summed E-state index contributed by atoms with van der Waals surface area (Å²) in [6.07, 6.45) is 2.78. The van der Waals surface area contributed by atoms with E-state index in [1.165, 1.54) is 23.3 Å². The molecule has 1 aromatic heterocycles. The van der Waals surface area contributed by atoms with Crippen molar-refractivity contribution in [1.29, 1.82) is 0 Å². The average molecular weight is 253 g/mol. The molecule has 2 rings (SSSR count). The van der Waals surface area contributed by atoms with Crippen LogP contribution >= 0.6 is 11.3 Å². The molecule has 0 saturated carbocycles. The Morgan fingerprint density at radius 2 is 2.41 bits per heavy atom. The van der Waals surface area contributed by atoms with Crippen molar-refractivity contribution < 1.29 is 4.74 Å². The molecule has 0 bridgehead atoms. The van der Waals surface area contributed by atoms with Crippen LogP contribution in [0.2, 0.25) is 0 Å². The fourth-order valence-electron chi connectivity index (χ4n) is 2.63. The standard InChI is InChI=1S/C14H23NOS/c1-4-6-15-14(12-8-10(2)16-9-12)13-5-7-17-11(13)3/h5,7,10,12,14-15H,4,6,8-9H2,1-3H3. The molecule has 0 radical (unpaired) electrons. The van der Waals surface area contributed by atoms with Gasteiger partial charge in [0, 0.05) is 16.8 Å². The van der Waals surface area contributed by atoms with Gasteiger partial charge in [0.15, 0.2) is 0 Å². The van der Waals surface area contributed by atoms with Crippen LogP contribution in [0.3, 0.4) is 0 Å². The Morgan fingerprint density at radius 3 is 2.94 bits per heavy atom. The third-order valence-corrected chi connectivity index (χ3v) is 4.41. The minimum Gasteiger partial charge on any atom is -0.378 e. The lowest BCUT2D eigenvalue weighted by molar-refractivity contribution is 0.117. The number of thiophene rings is 1. The van der Waals surface area contributed by atoms with Crippen LogP contribution in [0.1, 0.15) is 43.2 Å². The highest BCUT2D eigenvalue weighted by atomic mass is 32.1. The first-order valence-electron chi connectivity index (χ1n) is 6.61. The van der Waals surface area contributed by atoms with E-state index in [0.29, 0.717) is 18.1 Å². The molecule has 0 spiro atoms. The quantitative estimate of drug-likeness (QED) is 0.867. The predicted octanol–water partition coefficient (Wildman–Crippen LogP) is 3.52. The maximum Gasteiger partial charge on any atom is 0.0551 e. The van der Waals surface area contributed by atoms with E-state index in [4.69, 9.17) is 4.74 Å². The van der Waals surface area contributed by atoms with Gasteiger partial charge in [-0.2, -0.15) is 0 Å². The Hall–Kier alpha value is -0.380. The van der Waals surface area contributed by atoms with Crippen LogP contribution in [0.4, 0.5) is 0 Å². The lowest BCUT2D eigenvalue weighted by atomic mass is 9.91. The van der Waals surface area contributed by atoms with Gasteiger partial charge < -0.3 is 10.1 Å². The lowest BCUT2D eigenvalue weighted by Crippen LogP contribution is -2.29. The molecular weight excluding hydrogens is 230 g/mol. The predicted molar refractivity (Wildman–Crippen MR) is 73.6 cm³/mol. The summed E-state index contributed by atoms with van der Waals surface area (Å²) in [4.78, 5) is 1.44. The van der Waals surface area contributed by atoms with Gasteiger partial charge in [0.05, 0.1) is 12.7 Å². The molecule has 0 aliphatic carbocycles. The summed E-state index contributed by atoms with van der Waals surface area (Å²) in [5.74, 6) is 0.629. The van der Waals surface area contributed by atoms with Crippen molar-refractivity contribution in [2.45, 2.75) is 45.8 Å². The van der Waals surface area contributed by atoms with Crippen LogP contribution in [0.5, 0.6) is 0 Å². The molecule has 1 fully saturated rings. The zero-order valence-corrected chi connectivity index (χ0v) is 11.8. The molecule has 1 N–H and O–H groups in total. The monoisotopic (exact) mass is 253 g/mol. The Balaban J connectivity index is 2.10. The van der Waals surface area contributed by atoms with Gasteiger partial charge in [-0.05, 0) is 50.2 Å². The molecule has 17 heavy (non-hydrogen) atoms. The summed E-state index contributed by atoms with van der Waals surface area (Å²) in [5.41, 5.74) is 1.48. The first kappa shape index (κ1) is 13.1. The Bertz CT molecular complexity index is 350. The zero-order chi connectivity index (χ0) is 12.3. The van der Waals surface area contributed by atoms with Crippen molar-refractivity contribution in [3.05, 3.63) is 21.9 Å². The van der Waals surface area contributed by atoms with E-state index in [2.05, 4.69) is 37.5 Å². The maximum absolute atomic E-state index is 5.73. The summed E-state index contributed by atoms with van der Waals surface area (Å²) in [7, 11) is 0. The molecule has 3 heteroatoms. The topological polar surface area (TPSA) is 21.3 Å². The molecule has 1 saturated heterocycles. The summed E-state index contributed by atoms with van der Waals surface area (Å²) in [6.45, 7) is 8.61. The zero-order valence-electron chi connectivity index (χ0n) is 11.0. The van der Waals surface area contributed by atoms with Gasteiger partial charge in [-0.15, -0.1) is 11.3 Å². The summed E-state index contributed by atoms with van der Waals surface area (Å²) >= 11 is 1.84. The summed E-state index contributed by atoms with van der Waals surface area (Å²) in [6, 6.07) is 2.75. The van der Waals surface area contributed by atoms with Gasteiger partial charge in [-0.1, -0.05) is 6.92 Å². The normalized spacial score (nSPS) is 26.3. The number of aryl methyl sites for hydroxylation is 1. The Morgan fingerprint density at radius 1 is 1.59 bits per heavy atom. The first-order valence-corrected chi connectivity index (χ1v) is 7.49. The van der Waals surface area contributed by atoms with Crippen LogP contribution in [0, 0.1) is 12.8 Å². The van der Waals surface area contributed by atoms with Gasteiger partial charge in [-0.3, -0.25) is 0 Å². The van der Waals surface area contributed by atoms with Crippen molar-refractivity contribution in [3.8, 4) is 0 Å². The maximum atomic E-state index is 5.73. The van der Waals surface area contributed by atoms with Gasteiger partial charge in [0.25, 0.3) is 0 Å². The van der Waals surface area contributed by atoms with E-state index in [1.807, 2.05) is 11.3 Å². The highest BCUT2D eigenvalue weighted by Gasteiger charge is 2.31. The smallest absolute Gasteiger partial charge is 0.0551 e. The summed E-state index contributed by atoms with van der Waals surface area (Å²) in [5, 5.41) is 5.90. The van der Waals surface area contributed by atoms with Crippen LogP contribution < -0.4 is 5.32 Å². The molecule has 2 nitrogen and oxygen atoms in total. The van der Waals surface area contributed by atoms with Crippen molar-refractivity contribution in [2.24, 2.45) is 5.92 Å². The number of ether oxygens (including phenoxy) is 1. The second-order valence-corrected chi connectivity index (χ2v) is 6.12. The van der Waals surface area contributed by atoms with E-state index in [9.17, 15) is 0 Å². The highest BCUT2D eigenvalue weighted by molar-refractivity contribution is 7.10. The molecular formula is C14H23NOS. The van der Waals surface area contributed by atoms with E-state index in [1.54, 1.807) is 0 Å². The Labute approximate surface area is 108 Å². The van der Waals surface area contributed by atoms with E-state index in [-0.39, 0.29) is 0 Å². The number of nitrogens with one attached hydrogen (secondary N) is 1. The molecule has 1 aliphatic heterocycles. The van der Waals surface area contributed by atoms with Crippen molar-refractivity contribution in [1.82, 2.24) is 5.32 Å². The minimum atomic E-state index is 0.421. The van der Waals surface area contributed by atoms with Gasteiger partial charge >= 0.3 is 0 Å².